The van der Waals surface area contributed by atoms with Gasteiger partial charge in [-0.15, -0.1) is 0 Å². The number of carbonyl (C=O) groups is 1. The molecule has 1 aromatic heterocycles. The van der Waals surface area contributed by atoms with E-state index in [0.29, 0.717) is 12.5 Å². The van der Waals surface area contributed by atoms with Crippen LogP contribution >= 0.6 is 0 Å². The maximum absolute atomic E-state index is 12.6. The third kappa shape index (κ3) is 3.15. The van der Waals surface area contributed by atoms with Gasteiger partial charge in [-0.1, -0.05) is 6.92 Å². The molecule has 0 saturated carbocycles. The minimum Gasteiger partial charge on any atom is -0.469 e. The van der Waals surface area contributed by atoms with Crippen LogP contribution < -0.4 is 4.90 Å². The quantitative estimate of drug-likeness (QED) is 0.714. The van der Waals surface area contributed by atoms with Crippen molar-refractivity contribution in [3.05, 3.63) is 18.2 Å². The molecule has 0 fully saturated rings. The molecule has 1 rings (SSSR count). The first-order valence-corrected chi connectivity index (χ1v) is 4.81. The van der Waals surface area contributed by atoms with Crippen LogP contribution in [0.25, 0.3) is 0 Å². The summed E-state index contributed by atoms with van der Waals surface area (Å²) in [5.41, 5.74) is 0. The molecule has 0 aliphatic rings. The molecule has 0 amide bonds. The summed E-state index contributed by atoms with van der Waals surface area (Å²) in [5, 5.41) is 0. The van der Waals surface area contributed by atoms with Gasteiger partial charge in [0.1, 0.15) is 0 Å². The Bertz CT molecular complexity index is 356. The van der Waals surface area contributed by atoms with Gasteiger partial charge in [0.05, 0.1) is 25.4 Å². The van der Waals surface area contributed by atoms with Gasteiger partial charge in [-0.3, -0.25) is 4.79 Å². The molecule has 0 unspecified atom stereocenters. The van der Waals surface area contributed by atoms with Crippen LogP contribution in [0.2, 0.25) is 0 Å². The van der Waals surface area contributed by atoms with E-state index in [-0.39, 0.29) is 11.9 Å². The zero-order valence-electron chi connectivity index (χ0n) is 9.48. The zero-order valence-corrected chi connectivity index (χ0v) is 9.48. The Hall–Kier alpha value is -1.72. The Morgan fingerprint density at radius 2 is 2.12 bits per heavy atom. The zero-order chi connectivity index (χ0) is 12.1. The second-order valence-corrected chi connectivity index (χ2v) is 3.51. The highest BCUT2D eigenvalue weighted by molar-refractivity contribution is 5.72. The summed E-state index contributed by atoms with van der Waals surface area (Å²) in [4.78, 5) is 20.5. The molecule has 0 aliphatic carbocycles. The van der Waals surface area contributed by atoms with Gasteiger partial charge < -0.3 is 9.64 Å². The average Bonchev–Trinajstić information content (AvgIpc) is 2.28. The lowest BCUT2D eigenvalue weighted by Crippen LogP contribution is -2.30. The van der Waals surface area contributed by atoms with Gasteiger partial charge in [-0.05, 0) is 0 Å². The van der Waals surface area contributed by atoms with Gasteiger partial charge in [0.25, 0.3) is 0 Å². The molecule has 0 spiro atoms. The SMILES string of the molecule is COC(=O)[C@H](C)CN(C)c1ncc(F)cn1. The minimum atomic E-state index is -0.488. The lowest BCUT2D eigenvalue weighted by Gasteiger charge is -2.19. The number of nitrogens with zero attached hydrogens (tertiary/aromatic N) is 3. The molecule has 1 heterocycles. The molecule has 0 saturated heterocycles. The van der Waals surface area contributed by atoms with Crippen molar-refractivity contribution in [3.63, 3.8) is 0 Å². The monoisotopic (exact) mass is 227 g/mol. The molecule has 5 nitrogen and oxygen atoms in total. The first-order valence-electron chi connectivity index (χ1n) is 4.81. The number of aromatic nitrogens is 2. The van der Waals surface area contributed by atoms with Crippen LogP contribution in [0, 0.1) is 11.7 Å². The predicted octanol–water partition coefficient (Wildman–Crippen LogP) is 0.861. The molecule has 6 heteroatoms. The fourth-order valence-electron chi connectivity index (χ4n) is 1.27. The van der Waals surface area contributed by atoms with E-state index in [2.05, 4.69) is 14.7 Å². The van der Waals surface area contributed by atoms with Gasteiger partial charge in [-0.2, -0.15) is 0 Å². The summed E-state index contributed by atoms with van der Waals surface area (Å²) in [6.07, 6.45) is 2.17. The van der Waals surface area contributed by atoms with E-state index in [0.717, 1.165) is 12.4 Å². The summed E-state index contributed by atoms with van der Waals surface area (Å²) in [5.74, 6) is -0.701. The maximum Gasteiger partial charge on any atom is 0.310 e. The number of ether oxygens (including phenoxy) is 1. The molecule has 16 heavy (non-hydrogen) atoms. The lowest BCUT2D eigenvalue weighted by molar-refractivity contribution is -0.144. The van der Waals surface area contributed by atoms with Gasteiger partial charge >= 0.3 is 5.97 Å². The molecular weight excluding hydrogens is 213 g/mol. The molecule has 0 aliphatic heterocycles. The van der Waals surface area contributed by atoms with Crippen molar-refractivity contribution >= 4 is 11.9 Å². The summed E-state index contributed by atoms with van der Waals surface area (Å²) in [6, 6.07) is 0. The van der Waals surface area contributed by atoms with Crippen molar-refractivity contribution in [2.24, 2.45) is 5.92 Å². The highest BCUT2D eigenvalue weighted by Crippen LogP contribution is 2.08. The summed E-state index contributed by atoms with van der Waals surface area (Å²) >= 11 is 0. The molecule has 0 aromatic carbocycles. The van der Waals surface area contributed by atoms with Gasteiger partial charge in [0, 0.05) is 13.6 Å². The number of methoxy groups -OCH3 is 1. The van der Waals surface area contributed by atoms with E-state index in [9.17, 15) is 9.18 Å². The van der Waals surface area contributed by atoms with Crippen LogP contribution in [0.15, 0.2) is 12.4 Å². The maximum atomic E-state index is 12.6. The van der Waals surface area contributed by atoms with Crippen LogP contribution in [0.3, 0.4) is 0 Å². The fraction of sp³-hybridized carbons (Fsp3) is 0.500. The Morgan fingerprint density at radius 1 is 1.56 bits per heavy atom. The number of carbonyl (C=O) groups excluding carboxylic acids is 1. The molecule has 0 bridgehead atoms. The Kier molecular flexibility index (Phi) is 4.16. The lowest BCUT2D eigenvalue weighted by atomic mass is 10.2. The van der Waals surface area contributed by atoms with E-state index < -0.39 is 5.82 Å². The average molecular weight is 227 g/mol. The van der Waals surface area contributed by atoms with E-state index >= 15 is 0 Å². The molecular formula is C10H14FN3O2. The molecule has 0 radical (unpaired) electrons. The summed E-state index contributed by atoms with van der Waals surface area (Å²) in [6.45, 7) is 2.16. The Balaban J connectivity index is 2.61. The molecule has 1 atom stereocenters. The summed E-state index contributed by atoms with van der Waals surface area (Å²) < 4.78 is 17.2. The van der Waals surface area contributed by atoms with Crippen LogP contribution in [-0.2, 0) is 9.53 Å². The fourth-order valence-corrected chi connectivity index (χ4v) is 1.27. The van der Waals surface area contributed by atoms with Crippen LogP contribution in [0.1, 0.15) is 6.92 Å². The topological polar surface area (TPSA) is 55.3 Å². The van der Waals surface area contributed by atoms with E-state index in [1.807, 2.05) is 0 Å². The summed E-state index contributed by atoms with van der Waals surface area (Å²) in [7, 11) is 3.07. The number of hydrogen-bond donors (Lipinski definition) is 0. The van der Waals surface area contributed by atoms with E-state index in [4.69, 9.17) is 0 Å². The number of hydrogen-bond acceptors (Lipinski definition) is 5. The third-order valence-electron chi connectivity index (χ3n) is 2.10. The first kappa shape index (κ1) is 12.4. The predicted molar refractivity (Wildman–Crippen MR) is 56.4 cm³/mol. The highest BCUT2D eigenvalue weighted by Gasteiger charge is 2.16. The van der Waals surface area contributed by atoms with Crippen LogP contribution in [-0.4, -0.2) is 36.6 Å². The van der Waals surface area contributed by atoms with Crippen molar-refractivity contribution in [1.82, 2.24) is 9.97 Å². The van der Waals surface area contributed by atoms with Crippen molar-refractivity contribution < 1.29 is 13.9 Å². The van der Waals surface area contributed by atoms with Crippen molar-refractivity contribution in [3.8, 4) is 0 Å². The molecule has 1 aromatic rings. The van der Waals surface area contributed by atoms with Crippen molar-refractivity contribution in [2.75, 3.05) is 25.6 Å². The van der Waals surface area contributed by atoms with Crippen molar-refractivity contribution in [1.29, 1.82) is 0 Å². The number of halogens is 1. The second kappa shape index (κ2) is 5.39. The largest absolute Gasteiger partial charge is 0.469 e. The second-order valence-electron chi connectivity index (χ2n) is 3.51. The minimum absolute atomic E-state index is 0.288. The van der Waals surface area contributed by atoms with Gasteiger partial charge in [0.15, 0.2) is 5.82 Å². The number of esters is 1. The standard InChI is InChI=1S/C10H14FN3O2/c1-7(9(15)16-3)6-14(2)10-12-4-8(11)5-13-10/h4-5,7H,6H2,1-3H3/t7-/m1/s1. The smallest absolute Gasteiger partial charge is 0.310 e. The van der Waals surface area contributed by atoms with Crippen LogP contribution in [0.4, 0.5) is 10.3 Å². The van der Waals surface area contributed by atoms with Crippen molar-refractivity contribution in [2.45, 2.75) is 6.92 Å². The Labute approximate surface area is 93.3 Å². The van der Waals surface area contributed by atoms with Gasteiger partial charge in [0.2, 0.25) is 5.95 Å². The van der Waals surface area contributed by atoms with Crippen LogP contribution in [0.5, 0.6) is 0 Å². The Morgan fingerprint density at radius 3 is 2.62 bits per heavy atom. The van der Waals surface area contributed by atoms with Gasteiger partial charge in [-0.25, -0.2) is 14.4 Å². The first-order chi connectivity index (χ1) is 7.54. The third-order valence-corrected chi connectivity index (χ3v) is 2.10. The highest BCUT2D eigenvalue weighted by atomic mass is 19.1. The number of anilines is 1. The van der Waals surface area contributed by atoms with E-state index in [1.54, 1.807) is 18.9 Å². The molecule has 0 N–H and O–H groups in total. The normalized spacial score (nSPS) is 12.0. The molecule has 88 valence electrons. The number of rotatable bonds is 4. The van der Waals surface area contributed by atoms with E-state index in [1.165, 1.54) is 7.11 Å².